The number of ether oxygens (including phenoxy) is 1. The van der Waals surface area contributed by atoms with Crippen molar-refractivity contribution in [1.82, 2.24) is 15.2 Å². The van der Waals surface area contributed by atoms with Gasteiger partial charge in [0.05, 0.1) is 11.2 Å². The molecule has 124 valence electrons. The minimum absolute atomic E-state index is 0.119. The monoisotopic (exact) mass is 327 g/mol. The molecule has 0 bridgehead atoms. The summed E-state index contributed by atoms with van der Waals surface area (Å²) in [6, 6.07) is 0. The second-order valence-corrected chi connectivity index (χ2v) is 7.30. The fraction of sp³-hybridized carbons (Fsp3) is 0.667. The molecule has 0 fully saturated rings. The van der Waals surface area contributed by atoms with E-state index < -0.39 is 5.60 Å². The van der Waals surface area contributed by atoms with Gasteiger partial charge in [-0.1, -0.05) is 6.92 Å². The molecule has 1 rings (SSSR count). The largest absolute Gasteiger partial charge is 0.444 e. The first-order valence-corrected chi connectivity index (χ1v) is 8.10. The zero-order valence-corrected chi connectivity index (χ0v) is 14.9. The summed E-state index contributed by atoms with van der Waals surface area (Å²) in [4.78, 5) is 30.1. The number of nitrogens with one attached hydrogen (secondary N) is 1. The summed E-state index contributed by atoms with van der Waals surface area (Å²) in [5.74, 6) is 0.00136. The Morgan fingerprint density at radius 2 is 2.09 bits per heavy atom. The molecule has 1 atom stereocenters. The Morgan fingerprint density at radius 3 is 2.59 bits per heavy atom. The van der Waals surface area contributed by atoms with E-state index in [2.05, 4.69) is 10.3 Å². The van der Waals surface area contributed by atoms with E-state index in [1.54, 1.807) is 12.6 Å². The van der Waals surface area contributed by atoms with E-state index >= 15 is 0 Å². The van der Waals surface area contributed by atoms with Crippen molar-refractivity contribution in [3.05, 3.63) is 16.1 Å². The Hall–Kier alpha value is -1.63. The number of amides is 2. The van der Waals surface area contributed by atoms with Crippen LogP contribution >= 0.6 is 11.3 Å². The smallest absolute Gasteiger partial charge is 0.410 e. The summed E-state index contributed by atoms with van der Waals surface area (Å²) in [5, 5.41) is 2.87. The second-order valence-electron chi connectivity index (χ2n) is 6.44. The van der Waals surface area contributed by atoms with E-state index in [9.17, 15) is 9.59 Å². The molecule has 0 aliphatic heterocycles. The van der Waals surface area contributed by atoms with Gasteiger partial charge in [-0.15, -0.1) is 11.3 Å². The highest BCUT2D eigenvalue weighted by Crippen LogP contribution is 2.12. The molecule has 1 unspecified atom stereocenters. The van der Waals surface area contributed by atoms with Gasteiger partial charge in [0.25, 0.3) is 5.91 Å². The molecule has 1 heterocycles. The van der Waals surface area contributed by atoms with Crippen LogP contribution in [-0.4, -0.2) is 47.6 Å². The van der Waals surface area contributed by atoms with E-state index in [4.69, 9.17) is 4.74 Å². The molecule has 0 saturated heterocycles. The Bertz CT molecular complexity index is 522. The van der Waals surface area contributed by atoms with Crippen LogP contribution < -0.4 is 5.32 Å². The lowest BCUT2D eigenvalue weighted by Gasteiger charge is -2.26. The number of nitrogens with zero attached hydrogens (tertiary/aromatic N) is 2. The molecule has 22 heavy (non-hydrogen) atoms. The standard InChI is InChI=1S/C15H25N3O3S/c1-10(8-18(6)14(20)21-15(3,4)5)7-16-13(19)12-11(2)17-9-22-12/h9-10H,7-8H2,1-6H3,(H,16,19). The molecule has 2 amide bonds. The van der Waals surface area contributed by atoms with Gasteiger partial charge in [0.15, 0.2) is 0 Å². The predicted molar refractivity (Wildman–Crippen MR) is 87.2 cm³/mol. The van der Waals surface area contributed by atoms with Crippen molar-refractivity contribution in [2.45, 2.75) is 40.2 Å². The first-order valence-electron chi connectivity index (χ1n) is 7.22. The van der Waals surface area contributed by atoms with Crippen molar-refractivity contribution in [3.8, 4) is 0 Å². The van der Waals surface area contributed by atoms with Gasteiger partial charge in [-0.25, -0.2) is 9.78 Å². The summed E-state index contributed by atoms with van der Waals surface area (Å²) in [7, 11) is 1.69. The van der Waals surface area contributed by atoms with Crippen LogP contribution in [0.25, 0.3) is 0 Å². The molecular formula is C15H25N3O3S. The minimum atomic E-state index is -0.507. The average molecular weight is 327 g/mol. The van der Waals surface area contributed by atoms with Crippen molar-refractivity contribution < 1.29 is 14.3 Å². The van der Waals surface area contributed by atoms with Gasteiger partial charge in [0, 0.05) is 20.1 Å². The molecule has 0 saturated carbocycles. The fourth-order valence-electron chi connectivity index (χ4n) is 1.81. The van der Waals surface area contributed by atoms with Gasteiger partial charge in [0.1, 0.15) is 10.5 Å². The zero-order valence-electron chi connectivity index (χ0n) is 14.1. The highest BCUT2D eigenvalue weighted by molar-refractivity contribution is 7.11. The number of carbonyl (C=O) groups is 2. The topological polar surface area (TPSA) is 71.5 Å². The number of aryl methyl sites for hydroxylation is 1. The third kappa shape index (κ3) is 6.01. The van der Waals surface area contributed by atoms with E-state index in [0.717, 1.165) is 5.69 Å². The maximum Gasteiger partial charge on any atom is 0.410 e. The van der Waals surface area contributed by atoms with Gasteiger partial charge >= 0.3 is 6.09 Å². The summed E-state index contributed by atoms with van der Waals surface area (Å²) in [6.45, 7) is 10.3. The molecule has 1 aromatic rings. The SMILES string of the molecule is Cc1ncsc1C(=O)NCC(C)CN(C)C(=O)OC(C)(C)C. The van der Waals surface area contributed by atoms with Crippen molar-refractivity contribution in [1.29, 1.82) is 0 Å². The van der Waals surface area contributed by atoms with Crippen LogP contribution in [0.1, 0.15) is 43.1 Å². The van der Waals surface area contributed by atoms with Crippen molar-refractivity contribution >= 4 is 23.3 Å². The first kappa shape index (κ1) is 18.4. The molecule has 1 N–H and O–H groups in total. The number of aromatic nitrogens is 1. The minimum Gasteiger partial charge on any atom is -0.444 e. The number of hydrogen-bond donors (Lipinski definition) is 1. The summed E-state index contributed by atoms with van der Waals surface area (Å²) in [6.07, 6.45) is -0.357. The maximum atomic E-state index is 12.0. The Balaban J connectivity index is 2.40. The van der Waals surface area contributed by atoms with E-state index in [0.29, 0.717) is 18.0 Å². The van der Waals surface area contributed by atoms with E-state index in [-0.39, 0.29) is 17.9 Å². The van der Waals surface area contributed by atoms with Crippen LogP contribution in [0.5, 0.6) is 0 Å². The zero-order chi connectivity index (χ0) is 16.9. The first-order chi connectivity index (χ1) is 10.1. The molecule has 0 aliphatic carbocycles. The Morgan fingerprint density at radius 1 is 1.45 bits per heavy atom. The molecule has 7 heteroatoms. The fourth-order valence-corrected chi connectivity index (χ4v) is 2.53. The molecule has 0 aromatic carbocycles. The van der Waals surface area contributed by atoms with Crippen LogP contribution in [0.4, 0.5) is 4.79 Å². The third-order valence-corrected chi connectivity index (χ3v) is 3.78. The van der Waals surface area contributed by atoms with Crippen LogP contribution in [0.15, 0.2) is 5.51 Å². The summed E-state index contributed by atoms with van der Waals surface area (Å²) < 4.78 is 5.29. The van der Waals surface area contributed by atoms with Crippen LogP contribution in [0, 0.1) is 12.8 Å². The number of thiazole rings is 1. The van der Waals surface area contributed by atoms with Crippen molar-refractivity contribution in [3.63, 3.8) is 0 Å². The molecule has 6 nitrogen and oxygen atoms in total. The molecule has 1 aromatic heterocycles. The quantitative estimate of drug-likeness (QED) is 0.902. The number of hydrogen-bond acceptors (Lipinski definition) is 5. The average Bonchev–Trinajstić information content (AvgIpc) is 2.80. The van der Waals surface area contributed by atoms with Crippen molar-refractivity contribution in [2.24, 2.45) is 5.92 Å². The van der Waals surface area contributed by atoms with Gasteiger partial charge in [-0.3, -0.25) is 4.79 Å². The third-order valence-electron chi connectivity index (χ3n) is 2.85. The van der Waals surface area contributed by atoms with E-state index in [1.807, 2.05) is 34.6 Å². The van der Waals surface area contributed by atoms with Crippen LogP contribution in [-0.2, 0) is 4.74 Å². The van der Waals surface area contributed by atoms with Crippen LogP contribution in [0.3, 0.4) is 0 Å². The van der Waals surface area contributed by atoms with E-state index in [1.165, 1.54) is 16.2 Å². The van der Waals surface area contributed by atoms with Gasteiger partial charge < -0.3 is 15.0 Å². The highest BCUT2D eigenvalue weighted by atomic mass is 32.1. The summed E-state index contributed by atoms with van der Waals surface area (Å²) in [5.41, 5.74) is 1.89. The predicted octanol–water partition coefficient (Wildman–Crippen LogP) is 2.68. The highest BCUT2D eigenvalue weighted by Gasteiger charge is 2.21. The Kier molecular flexibility index (Phi) is 6.34. The lowest BCUT2D eigenvalue weighted by atomic mass is 10.1. The molecule has 0 aliphatic rings. The molecule has 0 spiro atoms. The van der Waals surface area contributed by atoms with Gasteiger partial charge in [-0.2, -0.15) is 0 Å². The van der Waals surface area contributed by atoms with Crippen molar-refractivity contribution in [2.75, 3.05) is 20.1 Å². The Labute approximate surface area is 135 Å². The normalized spacial score (nSPS) is 12.6. The number of rotatable bonds is 5. The second kappa shape index (κ2) is 7.58. The lowest BCUT2D eigenvalue weighted by molar-refractivity contribution is 0.0277. The summed E-state index contributed by atoms with van der Waals surface area (Å²) >= 11 is 1.33. The van der Waals surface area contributed by atoms with Gasteiger partial charge in [-0.05, 0) is 33.6 Å². The molecular weight excluding hydrogens is 302 g/mol. The van der Waals surface area contributed by atoms with Gasteiger partial charge in [0.2, 0.25) is 0 Å². The lowest BCUT2D eigenvalue weighted by Crippen LogP contribution is -2.39. The van der Waals surface area contributed by atoms with Crippen LogP contribution in [0.2, 0.25) is 0 Å². The molecule has 0 radical (unpaired) electrons. The number of carbonyl (C=O) groups excluding carboxylic acids is 2. The maximum absolute atomic E-state index is 12.0.